The fourth-order valence-electron chi connectivity index (χ4n) is 2.96. The SMILES string of the molecule is CN(CC1CCc2nc(C(F)(F)F)cn2C1)c1ccc(C#N)cn1. The Bertz CT molecular complexity index is 758. The lowest BCUT2D eigenvalue weighted by Gasteiger charge is -2.28. The first-order valence-electron chi connectivity index (χ1n) is 7.57. The van der Waals surface area contributed by atoms with E-state index in [4.69, 9.17) is 5.26 Å². The molecule has 8 heteroatoms. The molecule has 0 aliphatic carbocycles. The summed E-state index contributed by atoms with van der Waals surface area (Å²) in [6.45, 7) is 1.19. The van der Waals surface area contributed by atoms with Crippen molar-refractivity contribution in [1.29, 1.82) is 5.26 Å². The molecule has 2 aromatic heterocycles. The molecule has 2 aromatic rings. The van der Waals surface area contributed by atoms with E-state index in [0.29, 0.717) is 30.9 Å². The van der Waals surface area contributed by atoms with Gasteiger partial charge in [-0.1, -0.05) is 0 Å². The molecule has 0 bridgehead atoms. The monoisotopic (exact) mass is 335 g/mol. The summed E-state index contributed by atoms with van der Waals surface area (Å²) in [7, 11) is 1.89. The van der Waals surface area contributed by atoms with Crippen molar-refractivity contribution in [2.45, 2.75) is 25.6 Å². The maximum atomic E-state index is 12.7. The van der Waals surface area contributed by atoms with Crippen LogP contribution in [-0.4, -0.2) is 28.1 Å². The summed E-state index contributed by atoms with van der Waals surface area (Å²) >= 11 is 0. The quantitative estimate of drug-likeness (QED) is 0.865. The van der Waals surface area contributed by atoms with Crippen LogP contribution in [0.2, 0.25) is 0 Å². The summed E-state index contributed by atoms with van der Waals surface area (Å²) in [5, 5.41) is 8.79. The smallest absolute Gasteiger partial charge is 0.359 e. The first-order chi connectivity index (χ1) is 11.4. The van der Waals surface area contributed by atoms with E-state index in [1.807, 2.05) is 18.0 Å². The number of imidazole rings is 1. The summed E-state index contributed by atoms with van der Waals surface area (Å²) in [4.78, 5) is 9.88. The largest absolute Gasteiger partial charge is 0.434 e. The Morgan fingerprint density at radius 1 is 1.42 bits per heavy atom. The molecule has 126 valence electrons. The van der Waals surface area contributed by atoms with Crippen molar-refractivity contribution in [3.63, 3.8) is 0 Å². The number of anilines is 1. The molecule has 1 unspecified atom stereocenters. The van der Waals surface area contributed by atoms with Gasteiger partial charge in [0.05, 0.1) is 5.56 Å². The van der Waals surface area contributed by atoms with Gasteiger partial charge < -0.3 is 9.47 Å². The van der Waals surface area contributed by atoms with Crippen LogP contribution in [0.4, 0.5) is 19.0 Å². The van der Waals surface area contributed by atoms with Gasteiger partial charge in [-0.05, 0) is 24.5 Å². The van der Waals surface area contributed by atoms with Crippen molar-refractivity contribution in [1.82, 2.24) is 14.5 Å². The van der Waals surface area contributed by atoms with E-state index in [9.17, 15) is 13.2 Å². The van der Waals surface area contributed by atoms with Crippen LogP contribution in [0.25, 0.3) is 0 Å². The molecule has 0 spiro atoms. The highest BCUT2D eigenvalue weighted by molar-refractivity contribution is 5.41. The molecule has 1 aliphatic rings. The van der Waals surface area contributed by atoms with Crippen molar-refractivity contribution < 1.29 is 13.2 Å². The zero-order valence-electron chi connectivity index (χ0n) is 13.1. The lowest BCUT2D eigenvalue weighted by molar-refractivity contribution is -0.141. The minimum absolute atomic E-state index is 0.218. The molecule has 0 saturated carbocycles. The highest BCUT2D eigenvalue weighted by Gasteiger charge is 2.35. The number of pyridine rings is 1. The van der Waals surface area contributed by atoms with Crippen LogP contribution in [0.1, 0.15) is 23.5 Å². The van der Waals surface area contributed by atoms with Gasteiger partial charge in [0.25, 0.3) is 0 Å². The van der Waals surface area contributed by atoms with Crippen molar-refractivity contribution in [3.8, 4) is 6.07 Å². The number of aryl methyl sites for hydroxylation is 1. The molecule has 3 heterocycles. The lowest BCUT2D eigenvalue weighted by Crippen LogP contribution is -2.31. The van der Waals surface area contributed by atoms with Gasteiger partial charge in [-0.15, -0.1) is 0 Å². The Morgan fingerprint density at radius 2 is 2.21 bits per heavy atom. The van der Waals surface area contributed by atoms with Gasteiger partial charge in [-0.2, -0.15) is 18.4 Å². The summed E-state index contributed by atoms with van der Waals surface area (Å²) in [5.74, 6) is 1.45. The molecule has 3 rings (SSSR count). The Labute approximate surface area is 137 Å². The summed E-state index contributed by atoms with van der Waals surface area (Å²) in [6, 6.07) is 5.48. The number of alkyl halides is 3. The molecule has 1 atom stereocenters. The van der Waals surface area contributed by atoms with Crippen LogP contribution in [-0.2, 0) is 19.1 Å². The first-order valence-corrected chi connectivity index (χ1v) is 7.57. The third kappa shape index (κ3) is 3.35. The van der Waals surface area contributed by atoms with Gasteiger partial charge in [0, 0.05) is 39.0 Å². The maximum absolute atomic E-state index is 12.7. The number of nitrogens with zero attached hydrogens (tertiary/aromatic N) is 5. The first kappa shape index (κ1) is 16.3. The van der Waals surface area contributed by atoms with E-state index in [-0.39, 0.29) is 5.92 Å². The number of fused-ring (bicyclic) bond motifs is 1. The maximum Gasteiger partial charge on any atom is 0.434 e. The molecule has 5 nitrogen and oxygen atoms in total. The van der Waals surface area contributed by atoms with Gasteiger partial charge in [0.2, 0.25) is 0 Å². The number of hydrogen-bond donors (Lipinski definition) is 0. The van der Waals surface area contributed by atoms with Crippen LogP contribution in [0.5, 0.6) is 0 Å². The number of hydrogen-bond acceptors (Lipinski definition) is 4. The van der Waals surface area contributed by atoms with Gasteiger partial charge in [0.1, 0.15) is 17.7 Å². The number of nitriles is 1. The van der Waals surface area contributed by atoms with Crippen molar-refractivity contribution in [2.24, 2.45) is 5.92 Å². The van der Waals surface area contributed by atoms with Crippen LogP contribution < -0.4 is 4.90 Å². The second-order valence-electron chi connectivity index (χ2n) is 5.99. The van der Waals surface area contributed by atoms with E-state index >= 15 is 0 Å². The highest BCUT2D eigenvalue weighted by atomic mass is 19.4. The minimum atomic E-state index is -4.40. The predicted octanol–water partition coefficient (Wildman–Crippen LogP) is 2.87. The minimum Gasteiger partial charge on any atom is -0.359 e. The molecule has 0 fully saturated rings. The van der Waals surface area contributed by atoms with Crippen molar-refractivity contribution in [3.05, 3.63) is 41.6 Å². The van der Waals surface area contributed by atoms with Gasteiger partial charge in [-0.3, -0.25) is 0 Å². The summed E-state index contributed by atoms with van der Waals surface area (Å²) in [6.07, 6.45) is -0.467. The second kappa shape index (κ2) is 6.15. The number of aromatic nitrogens is 3. The molecule has 24 heavy (non-hydrogen) atoms. The van der Waals surface area contributed by atoms with Crippen molar-refractivity contribution >= 4 is 5.82 Å². The standard InChI is InChI=1S/C16H16F3N5/c1-23(14-4-2-11(6-20)7-21-14)8-12-3-5-15-22-13(16(17,18)19)10-24(15)9-12/h2,4,7,10,12H,3,5,8-9H2,1H3. The fraction of sp³-hybridized carbons (Fsp3) is 0.438. The zero-order valence-corrected chi connectivity index (χ0v) is 13.1. The molecule has 0 aromatic carbocycles. The molecule has 0 N–H and O–H groups in total. The molecule has 0 saturated heterocycles. The predicted molar refractivity (Wildman–Crippen MR) is 81.3 cm³/mol. The Kier molecular flexibility index (Phi) is 4.18. The van der Waals surface area contributed by atoms with Gasteiger partial charge in [0.15, 0.2) is 5.69 Å². The van der Waals surface area contributed by atoms with Crippen LogP contribution in [0.15, 0.2) is 24.5 Å². The van der Waals surface area contributed by atoms with Crippen molar-refractivity contribution in [2.75, 3.05) is 18.5 Å². The third-order valence-electron chi connectivity index (χ3n) is 4.18. The van der Waals surface area contributed by atoms with E-state index in [0.717, 1.165) is 18.4 Å². The topological polar surface area (TPSA) is 57.7 Å². The summed E-state index contributed by atoms with van der Waals surface area (Å²) in [5.41, 5.74) is -0.326. The molecule has 0 amide bonds. The Balaban J connectivity index is 1.67. The lowest BCUT2D eigenvalue weighted by atomic mass is 9.99. The zero-order chi connectivity index (χ0) is 17.3. The Hall–Kier alpha value is -2.56. The number of halogens is 3. The van der Waals surface area contributed by atoms with Gasteiger partial charge in [-0.25, -0.2) is 9.97 Å². The normalized spacial score (nSPS) is 17.2. The van der Waals surface area contributed by atoms with Crippen LogP contribution in [0.3, 0.4) is 0 Å². The Morgan fingerprint density at radius 3 is 2.83 bits per heavy atom. The molecule has 0 radical (unpaired) electrons. The van der Waals surface area contributed by atoms with Gasteiger partial charge >= 0.3 is 6.18 Å². The molecular weight excluding hydrogens is 319 g/mol. The second-order valence-corrected chi connectivity index (χ2v) is 5.99. The molecule has 1 aliphatic heterocycles. The average molecular weight is 335 g/mol. The van der Waals surface area contributed by atoms with Crippen LogP contribution >= 0.6 is 0 Å². The van der Waals surface area contributed by atoms with E-state index in [2.05, 4.69) is 9.97 Å². The fourth-order valence-corrected chi connectivity index (χ4v) is 2.96. The third-order valence-corrected chi connectivity index (χ3v) is 4.18. The van der Waals surface area contributed by atoms with E-state index in [1.165, 1.54) is 6.20 Å². The molecular formula is C16H16F3N5. The van der Waals surface area contributed by atoms with E-state index < -0.39 is 11.9 Å². The average Bonchev–Trinajstić information content (AvgIpc) is 2.98. The van der Waals surface area contributed by atoms with E-state index in [1.54, 1.807) is 16.7 Å². The number of rotatable bonds is 3. The highest BCUT2D eigenvalue weighted by Crippen LogP contribution is 2.31. The summed E-state index contributed by atoms with van der Waals surface area (Å²) < 4.78 is 39.9. The van der Waals surface area contributed by atoms with Crippen LogP contribution in [0, 0.1) is 17.2 Å².